The van der Waals surface area contributed by atoms with Gasteiger partial charge in [-0.3, -0.25) is 4.79 Å². The van der Waals surface area contributed by atoms with Crippen LogP contribution in [0.5, 0.6) is 0 Å². The van der Waals surface area contributed by atoms with E-state index in [2.05, 4.69) is 5.32 Å². The third-order valence-electron chi connectivity index (χ3n) is 2.09. The predicted molar refractivity (Wildman–Crippen MR) is 76.4 cm³/mol. The lowest BCUT2D eigenvalue weighted by Crippen LogP contribution is -2.25. The minimum Gasteiger partial charge on any atom is -0.394 e. The molecule has 0 unspecified atom stereocenters. The number of benzene rings is 1. The molecule has 0 atom stereocenters. The molecule has 1 aromatic rings. The molecule has 0 aromatic heterocycles. The number of hydrogen-bond donors (Lipinski definition) is 2. The number of hydrogen-bond acceptors (Lipinski definition) is 3. The van der Waals surface area contributed by atoms with Crippen molar-refractivity contribution in [3.8, 4) is 0 Å². The summed E-state index contributed by atoms with van der Waals surface area (Å²) in [6, 6.07) is 5.04. The molecule has 6 heteroatoms. The average molecular weight is 304 g/mol. The smallest absolute Gasteiger partial charge is 0.244 e. The Kier molecular flexibility index (Phi) is 7.52. The van der Waals surface area contributed by atoms with Gasteiger partial charge in [-0.2, -0.15) is 0 Å². The van der Waals surface area contributed by atoms with Crippen molar-refractivity contribution in [2.75, 3.05) is 26.4 Å². The highest BCUT2D eigenvalue weighted by Crippen LogP contribution is 2.19. The second-order valence-electron chi connectivity index (χ2n) is 3.66. The third-order valence-corrected chi connectivity index (χ3v) is 2.53. The van der Waals surface area contributed by atoms with Crippen LogP contribution >= 0.6 is 23.2 Å². The summed E-state index contributed by atoms with van der Waals surface area (Å²) in [4.78, 5) is 11.5. The van der Waals surface area contributed by atoms with E-state index in [0.29, 0.717) is 23.2 Å². The van der Waals surface area contributed by atoms with Gasteiger partial charge in [0.2, 0.25) is 5.91 Å². The molecule has 1 aromatic carbocycles. The molecule has 0 aliphatic heterocycles. The van der Waals surface area contributed by atoms with Crippen LogP contribution in [0.1, 0.15) is 5.56 Å². The number of rotatable bonds is 7. The SMILES string of the molecule is O=C(C=Cc1cc(Cl)cc(Cl)c1)NCCOCCO. The molecule has 0 saturated carbocycles. The summed E-state index contributed by atoms with van der Waals surface area (Å²) in [5, 5.41) is 12.2. The fourth-order valence-electron chi connectivity index (χ4n) is 1.32. The van der Waals surface area contributed by atoms with E-state index in [4.69, 9.17) is 33.0 Å². The summed E-state index contributed by atoms with van der Waals surface area (Å²) in [5.41, 5.74) is 0.754. The number of ether oxygens (including phenoxy) is 1. The van der Waals surface area contributed by atoms with E-state index in [1.807, 2.05) is 0 Å². The maximum absolute atomic E-state index is 11.5. The normalized spacial score (nSPS) is 10.9. The lowest BCUT2D eigenvalue weighted by Gasteiger charge is -2.03. The predicted octanol–water partition coefficient (Wildman–Crippen LogP) is 2.13. The van der Waals surface area contributed by atoms with Crippen LogP contribution < -0.4 is 5.32 Å². The Morgan fingerprint density at radius 2 is 1.95 bits per heavy atom. The van der Waals surface area contributed by atoms with Crippen LogP contribution in [0.15, 0.2) is 24.3 Å². The van der Waals surface area contributed by atoms with Crippen molar-refractivity contribution in [2.24, 2.45) is 0 Å². The fraction of sp³-hybridized carbons (Fsp3) is 0.308. The molecule has 1 amide bonds. The summed E-state index contributed by atoms with van der Waals surface area (Å²) in [5.74, 6) is -0.233. The lowest BCUT2D eigenvalue weighted by molar-refractivity contribution is -0.116. The zero-order valence-electron chi connectivity index (χ0n) is 10.2. The van der Waals surface area contributed by atoms with Gasteiger partial charge in [0, 0.05) is 22.7 Å². The molecule has 0 fully saturated rings. The second kappa shape index (κ2) is 8.93. The van der Waals surface area contributed by atoms with Gasteiger partial charge in [-0.05, 0) is 29.8 Å². The quantitative estimate of drug-likeness (QED) is 0.599. The fourth-order valence-corrected chi connectivity index (χ4v) is 1.86. The van der Waals surface area contributed by atoms with E-state index in [1.54, 1.807) is 24.3 Å². The molecule has 0 heterocycles. The molecule has 4 nitrogen and oxygen atoms in total. The minimum atomic E-state index is -0.233. The first-order valence-electron chi connectivity index (χ1n) is 5.72. The van der Waals surface area contributed by atoms with Crippen LogP contribution in [0.25, 0.3) is 6.08 Å². The van der Waals surface area contributed by atoms with Crippen LogP contribution in [-0.4, -0.2) is 37.4 Å². The number of carbonyl (C=O) groups excluding carboxylic acids is 1. The maximum Gasteiger partial charge on any atom is 0.244 e. The van der Waals surface area contributed by atoms with Crippen molar-refractivity contribution >= 4 is 35.2 Å². The van der Waals surface area contributed by atoms with Crippen LogP contribution in [0.4, 0.5) is 0 Å². The van der Waals surface area contributed by atoms with E-state index in [1.165, 1.54) is 6.08 Å². The highest BCUT2D eigenvalue weighted by Gasteiger charge is 1.97. The van der Waals surface area contributed by atoms with Crippen molar-refractivity contribution in [3.63, 3.8) is 0 Å². The Bertz CT molecular complexity index is 429. The van der Waals surface area contributed by atoms with Crippen LogP contribution in [0.2, 0.25) is 10.0 Å². The Morgan fingerprint density at radius 3 is 2.58 bits per heavy atom. The molecule has 0 bridgehead atoms. The van der Waals surface area contributed by atoms with Gasteiger partial charge in [-0.1, -0.05) is 23.2 Å². The third kappa shape index (κ3) is 7.18. The molecule has 0 aliphatic rings. The van der Waals surface area contributed by atoms with Crippen molar-refractivity contribution in [1.29, 1.82) is 0 Å². The number of carbonyl (C=O) groups is 1. The largest absolute Gasteiger partial charge is 0.394 e. The van der Waals surface area contributed by atoms with Gasteiger partial charge < -0.3 is 15.2 Å². The van der Waals surface area contributed by atoms with Crippen LogP contribution in [0.3, 0.4) is 0 Å². The summed E-state index contributed by atoms with van der Waals surface area (Å²) >= 11 is 11.7. The van der Waals surface area contributed by atoms with Crippen molar-refractivity contribution in [2.45, 2.75) is 0 Å². The van der Waals surface area contributed by atoms with Gasteiger partial charge >= 0.3 is 0 Å². The van der Waals surface area contributed by atoms with Gasteiger partial charge in [0.05, 0.1) is 19.8 Å². The Morgan fingerprint density at radius 1 is 1.26 bits per heavy atom. The standard InChI is InChI=1S/C13H15Cl2NO3/c14-11-7-10(8-12(15)9-11)1-2-13(18)16-3-5-19-6-4-17/h1-2,7-9,17H,3-6H2,(H,16,18). The molecule has 0 radical (unpaired) electrons. The highest BCUT2D eigenvalue weighted by atomic mass is 35.5. The Hall–Kier alpha value is -1.07. The summed E-state index contributed by atoms with van der Waals surface area (Å²) in [6.07, 6.45) is 3.02. The molecule has 0 aliphatic carbocycles. The Balaban J connectivity index is 2.36. The van der Waals surface area contributed by atoms with Gasteiger partial charge in [0.1, 0.15) is 0 Å². The number of nitrogens with one attached hydrogen (secondary N) is 1. The Labute approximate surface area is 122 Å². The van der Waals surface area contributed by atoms with Gasteiger partial charge in [-0.15, -0.1) is 0 Å². The van der Waals surface area contributed by atoms with E-state index in [0.717, 1.165) is 5.56 Å². The van der Waals surface area contributed by atoms with Crippen molar-refractivity contribution in [1.82, 2.24) is 5.32 Å². The van der Waals surface area contributed by atoms with Crippen LogP contribution in [0, 0.1) is 0 Å². The topological polar surface area (TPSA) is 58.6 Å². The monoisotopic (exact) mass is 303 g/mol. The van der Waals surface area contributed by atoms with Gasteiger partial charge in [0.25, 0.3) is 0 Å². The zero-order chi connectivity index (χ0) is 14.1. The number of aliphatic hydroxyl groups excluding tert-OH is 1. The average Bonchev–Trinajstić information content (AvgIpc) is 2.35. The van der Waals surface area contributed by atoms with E-state index >= 15 is 0 Å². The van der Waals surface area contributed by atoms with Crippen molar-refractivity contribution in [3.05, 3.63) is 39.9 Å². The number of amides is 1. The molecule has 1 rings (SSSR count). The van der Waals surface area contributed by atoms with Crippen LogP contribution in [-0.2, 0) is 9.53 Å². The van der Waals surface area contributed by atoms with Crippen molar-refractivity contribution < 1.29 is 14.6 Å². The van der Waals surface area contributed by atoms with E-state index in [9.17, 15) is 4.79 Å². The van der Waals surface area contributed by atoms with Gasteiger partial charge in [0.15, 0.2) is 0 Å². The molecule has 0 saturated heterocycles. The first-order valence-corrected chi connectivity index (χ1v) is 6.48. The molecular formula is C13H15Cl2NO3. The summed E-state index contributed by atoms with van der Waals surface area (Å²) in [6.45, 7) is 0.999. The first-order chi connectivity index (χ1) is 9.11. The molecule has 19 heavy (non-hydrogen) atoms. The van der Waals surface area contributed by atoms with Gasteiger partial charge in [-0.25, -0.2) is 0 Å². The first kappa shape index (κ1) is 16.0. The molecule has 104 valence electrons. The molecule has 2 N–H and O–H groups in total. The van der Waals surface area contributed by atoms with E-state index < -0.39 is 0 Å². The number of aliphatic hydroxyl groups is 1. The zero-order valence-corrected chi connectivity index (χ0v) is 11.7. The molecular weight excluding hydrogens is 289 g/mol. The molecule has 0 spiro atoms. The summed E-state index contributed by atoms with van der Waals surface area (Å²) in [7, 11) is 0. The lowest BCUT2D eigenvalue weighted by atomic mass is 10.2. The number of halogens is 2. The maximum atomic E-state index is 11.5. The highest BCUT2D eigenvalue weighted by molar-refractivity contribution is 6.34. The summed E-state index contributed by atoms with van der Waals surface area (Å²) < 4.78 is 5.00. The van der Waals surface area contributed by atoms with E-state index in [-0.39, 0.29) is 19.1 Å². The minimum absolute atomic E-state index is 0.0244. The second-order valence-corrected chi connectivity index (χ2v) is 4.54.